The summed E-state index contributed by atoms with van der Waals surface area (Å²) in [6.07, 6.45) is 5.53. The second-order valence-electron chi connectivity index (χ2n) is 3.67. The first-order valence-corrected chi connectivity index (χ1v) is 5.18. The molecule has 80 valence electrons. The van der Waals surface area contributed by atoms with Gasteiger partial charge in [-0.05, 0) is 25.0 Å². The van der Waals surface area contributed by atoms with E-state index in [2.05, 4.69) is 15.2 Å². The highest BCUT2D eigenvalue weighted by atomic mass is 15.5. The molecule has 0 saturated heterocycles. The average molecular weight is 213 g/mol. The van der Waals surface area contributed by atoms with Crippen LogP contribution in [0.15, 0.2) is 30.5 Å². The van der Waals surface area contributed by atoms with Crippen LogP contribution in [0.3, 0.4) is 0 Å². The third-order valence-electron chi connectivity index (χ3n) is 2.56. The minimum atomic E-state index is 0.712. The van der Waals surface area contributed by atoms with Crippen LogP contribution in [0.25, 0.3) is 11.5 Å². The largest absolute Gasteiger partial charge is 0.397 e. The van der Waals surface area contributed by atoms with E-state index >= 15 is 0 Å². The molecule has 0 radical (unpaired) electrons. The van der Waals surface area contributed by atoms with Crippen LogP contribution in [-0.2, 0) is 6.42 Å². The number of allylic oxidation sites excluding steroid dienone is 1. The van der Waals surface area contributed by atoms with Gasteiger partial charge in [0, 0.05) is 6.20 Å². The van der Waals surface area contributed by atoms with Crippen LogP contribution in [0.1, 0.15) is 17.8 Å². The number of nitrogens with zero attached hydrogens (tertiary/aromatic N) is 4. The Morgan fingerprint density at radius 1 is 1.25 bits per heavy atom. The van der Waals surface area contributed by atoms with Gasteiger partial charge in [0.05, 0.1) is 11.4 Å². The number of hydrogen-bond acceptors (Lipinski definition) is 4. The second kappa shape index (κ2) is 3.44. The van der Waals surface area contributed by atoms with Gasteiger partial charge in [0.1, 0.15) is 5.69 Å². The molecule has 0 amide bonds. The summed E-state index contributed by atoms with van der Waals surface area (Å²) in [4.78, 5) is 5.73. The molecule has 2 aromatic heterocycles. The third-order valence-corrected chi connectivity index (χ3v) is 2.56. The van der Waals surface area contributed by atoms with Crippen LogP contribution in [0.2, 0.25) is 0 Å². The molecule has 1 aliphatic carbocycles. The molecule has 2 aromatic rings. The molecule has 0 bridgehead atoms. The highest BCUT2D eigenvalue weighted by molar-refractivity contribution is 5.62. The SMILES string of the molecule is NC1=CCCc2nn(-c3ccccn3)nc21. The normalized spacial score (nSPS) is 14.4. The zero-order valence-corrected chi connectivity index (χ0v) is 8.67. The summed E-state index contributed by atoms with van der Waals surface area (Å²) in [5.74, 6) is 0.713. The van der Waals surface area contributed by atoms with Crippen LogP contribution < -0.4 is 5.73 Å². The lowest BCUT2D eigenvalue weighted by Crippen LogP contribution is -2.05. The van der Waals surface area contributed by atoms with Crippen LogP contribution >= 0.6 is 0 Å². The number of fused-ring (bicyclic) bond motifs is 1. The van der Waals surface area contributed by atoms with Crippen LogP contribution in [0, 0.1) is 0 Å². The fourth-order valence-corrected chi connectivity index (χ4v) is 1.76. The van der Waals surface area contributed by atoms with Crippen molar-refractivity contribution in [2.45, 2.75) is 12.8 Å². The number of aryl methyl sites for hydroxylation is 1. The number of hydrogen-bond donors (Lipinski definition) is 1. The molecular formula is C11H11N5. The first-order chi connectivity index (χ1) is 7.84. The van der Waals surface area contributed by atoms with Crippen molar-refractivity contribution in [1.82, 2.24) is 20.0 Å². The summed E-state index contributed by atoms with van der Waals surface area (Å²) >= 11 is 0. The lowest BCUT2D eigenvalue weighted by atomic mass is 10.1. The monoisotopic (exact) mass is 213 g/mol. The van der Waals surface area contributed by atoms with Crippen molar-refractivity contribution in [2.24, 2.45) is 5.73 Å². The Morgan fingerprint density at radius 2 is 2.19 bits per heavy atom. The maximum absolute atomic E-state index is 5.86. The van der Waals surface area contributed by atoms with E-state index in [0.29, 0.717) is 11.5 Å². The summed E-state index contributed by atoms with van der Waals surface area (Å²) < 4.78 is 0. The van der Waals surface area contributed by atoms with Crippen molar-refractivity contribution in [3.05, 3.63) is 41.9 Å². The molecule has 2 N–H and O–H groups in total. The maximum atomic E-state index is 5.86. The molecule has 0 unspecified atom stereocenters. The van der Waals surface area contributed by atoms with Crippen molar-refractivity contribution >= 4 is 5.70 Å². The highest BCUT2D eigenvalue weighted by Gasteiger charge is 2.17. The topological polar surface area (TPSA) is 69.6 Å². The van der Waals surface area contributed by atoms with Gasteiger partial charge in [-0.3, -0.25) is 0 Å². The molecule has 5 heteroatoms. The number of nitrogens with two attached hydrogens (primary N) is 1. The van der Waals surface area contributed by atoms with Gasteiger partial charge in [0.25, 0.3) is 0 Å². The summed E-state index contributed by atoms with van der Waals surface area (Å²) in [6.45, 7) is 0. The maximum Gasteiger partial charge on any atom is 0.174 e. The van der Waals surface area contributed by atoms with Gasteiger partial charge in [0.15, 0.2) is 5.82 Å². The Bertz CT molecular complexity index is 541. The van der Waals surface area contributed by atoms with E-state index in [1.54, 1.807) is 6.20 Å². The molecule has 0 aliphatic heterocycles. The Hall–Kier alpha value is -2.17. The van der Waals surface area contributed by atoms with Gasteiger partial charge in [-0.25, -0.2) is 4.98 Å². The summed E-state index contributed by atoms with van der Waals surface area (Å²) in [5.41, 5.74) is 8.31. The van der Waals surface area contributed by atoms with E-state index in [-0.39, 0.29) is 0 Å². The molecule has 3 rings (SSSR count). The highest BCUT2D eigenvalue weighted by Crippen LogP contribution is 2.19. The van der Waals surface area contributed by atoms with E-state index in [1.165, 1.54) is 4.80 Å². The number of aromatic nitrogens is 4. The number of pyridine rings is 1. The van der Waals surface area contributed by atoms with E-state index in [1.807, 2.05) is 24.3 Å². The molecule has 0 aromatic carbocycles. The zero-order valence-electron chi connectivity index (χ0n) is 8.67. The third kappa shape index (κ3) is 1.37. The fourth-order valence-electron chi connectivity index (χ4n) is 1.76. The lowest BCUT2D eigenvalue weighted by molar-refractivity contribution is 0.716. The van der Waals surface area contributed by atoms with Crippen molar-refractivity contribution in [2.75, 3.05) is 0 Å². The molecule has 0 atom stereocenters. The predicted molar refractivity (Wildman–Crippen MR) is 59.6 cm³/mol. The minimum Gasteiger partial charge on any atom is -0.397 e. The quantitative estimate of drug-likeness (QED) is 0.764. The Labute approximate surface area is 92.6 Å². The van der Waals surface area contributed by atoms with Gasteiger partial charge >= 0.3 is 0 Å². The smallest absolute Gasteiger partial charge is 0.174 e. The molecular weight excluding hydrogens is 202 g/mol. The Morgan fingerprint density at radius 3 is 2.94 bits per heavy atom. The minimum absolute atomic E-state index is 0.712. The molecule has 1 aliphatic rings. The lowest BCUT2D eigenvalue weighted by Gasteiger charge is -2.04. The van der Waals surface area contributed by atoms with Crippen molar-refractivity contribution in [3.63, 3.8) is 0 Å². The van der Waals surface area contributed by atoms with Crippen molar-refractivity contribution in [1.29, 1.82) is 0 Å². The summed E-state index contributed by atoms with van der Waals surface area (Å²) in [6, 6.07) is 5.64. The van der Waals surface area contributed by atoms with Gasteiger partial charge in [-0.2, -0.15) is 5.10 Å². The predicted octanol–water partition coefficient (Wildman–Crippen LogP) is 0.908. The molecule has 0 spiro atoms. The van der Waals surface area contributed by atoms with E-state index in [0.717, 1.165) is 24.2 Å². The van der Waals surface area contributed by atoms with E-state index in [4.69, 9.17) is 5.73 Å². The van der Waals surface area contributed by atoms with E-state index < -0.39 is 0 Å². The van der Waals surface area contributed by atoms with Crippen molar-refractivity contribution in [3.8, 4) is 5.82 Å². The average Bonchev–Trinajstić information content (AvgIpc) is 2.76. The standard InChI is InChI=1S/C11H11N5/c12-8-4-3-5-9-11(8)15-16(14-9)10-6-1-2-7-13-10/h1-2,4,6-7H,3,5,12H2. The van der Waals surface area contributed by atoms with Crippen LogP contribution in [0.5, 0.6) is 0 Å². The van der Waals surface area contributed by atoms with Crippen LogP contribution in [0.4, 0.5) is 0 Å². The van der Waals surface area contributed by atoms with E-state index in [9.17, 15) is 0 Å². The van der Waals surface area contributed by atoms with Crippen LogP contribution in [-0.4, -0.2) is 20.0 Å². The molecule has 5 nitrogen and oxygen atoms in total. The Balaban J connectivity index is 2.09. The van der Waals surface area contributed by atoms with Crippen molar-refractivity contribution < 1.29 is 0 Å². The Kier molecular flexibility index (Phi) is 1.96. The number of rotatable bonds is 1. The first kappa shape index (κ1) is 9.08. The van der Waals surface area contributed by atoms with Gasteiger partial charge in [0.2, 0.25) is 0 Å². The first-order valence-electron chi connectivity index (χ1n) is 5.18. The van der Waals surface area contributed by atoms with Gasteiger partial charge in [-0.15, -0.1) is 9.90 Å². The van der Waals surface area contributed by atoms with Gasteiger partial charge < -0.3 is 5.73 Å². The zero-order chi connectivity index (χ0) is 11.0. The van der Waals surface area contributed by atoms with Gasteiger partial charge in [-0.1, -0.05) is 12.1 Å². The second-order valence-corrected chi connectivity index (χ2v) is 3.67. The summed E-state index contributed by atoms with van der Waals surface area (Å²) in [7, 11) is 0. The molecule has 16 heavy (non-hydrogen) atoms. The molecule has 0 fully saturated rings. The summed E-state index contributed by atoms with van der Waals surface area (Å²) in [5, 5.41) is 8.75. The molecule has 0 saturated carbocycles. The molecule has 2 heterocycles. The fraction of sp³-hybridized carbons (Fsp3) is 0.182.